The summed E-state index contributed by atoms with van der Waals surface area (Å²) in [4.78, 5) is 26.4. The van der Waals surface area contributed by atoms with E-state index in [0.717, 1.165) is 25.7 Å². The molecule has 2 fully saturated rings. The predicted molar refractivity (Wildman–Crippen MR) is 77.9 cm³/mol. The van der Waals surface area contributed by atoms with Gasteiger partial charge in [0.05, 0.1) is 5.41 Å². The number of amides is 2. The van der Waals surface area contributed by atoms with E-state index in [4.69, 9.17) is 5.73 Å². The van der Waals surface area contributed by atoms with E-state index in [0.29, 0.717) is 19.0 Å². The minimum Gasteiger partial charge on any atom is -0.359 e. The van der Waals surface area contributed by atoms with Crippen molar-refractivity contribution < 1.29 is 9.59 Å². The Morgan fingerprint density at radius 3 is 2.60 bits per heavy atom. The monoisotopic (exact) mass is 281 g/mol. The van der Waals surface area contributed by atoms with Crippen LogP contribution in [-0.2, 0) is 9.59 Å². The molecule has 1 aliphatic carbocycles. The number of hydrogen-bond donors (Lipinski definition) is 2. The van der Waals surface area contributed by atoms with Crippen LogP contribution in [0.1, 0.15) is 39.5 Å². The maximum absolute atomic E-state index is 12.6. The lowest BCUT2D eigenvalue weighted by molar-refractivity contribution is -0.137. The zero-order valence-electron chi connectivity index (χ0n) is 12.8. The van der Waals surface area contributed by atoms with Crippen LogP contribution in [0, 0.1) is 17.3 Å². The maximum Gasteiger partial charge on any atom is 0.227 e. The fraction of sp³-hybridized carbons (Fsp3) is 0.867. The van der Waals surface area contributed by atoms with Crippen molar-refractivity contribution in [1.82, 2.24) is 10.2 Å². The van der Waals surface area contributed by atoms with Crippen LogP contribution in [0.2, 0.25) is 0 Å². The van der Waals surface area contributed by atoms with Crippen molar-refractivity contribution in [1.29, 1.82) is 0 Å². The molecule has 2 rings (SSSR count). The van der Waals surface area contributed by atoms with Gasteiger partial charge in [0.2, 0.25) is 11.8 Å². The van der Waals surface area contributed by atoms with Crippen molar-refractivity contribution in [2.24, 2.45) is 23.0 Å². The van der Waals surface area contributed by atoms with E-state index < -0.39 is 5.41 Å². The summed E-state index contributed by atoms with van der Waals surface area (Å²) in [6, 6.07) is 0.139. The van der Waals surface area contributed by atoms with Crippen LogP contribution in [0.5, 0.6) is 0 Å². The summed E-state index contributed by atoms with van der Waals surface area (Å²) in [5.74, 6) is 0.780. The number of rotatable bonds is 2. The van der Waals surface area contributed by atoms with Crippen molar-refractivity contribution >= 4 is 11.8 Å². The van der Waals surface area contributed by atoms with Gasteiger partial charge in [0, 0.05) is 32.1 Å². The van der Waals surface area contributed by atoms with Gasteiger partial charge in [-0.25, -0.2) is 0 Å². The molecule has 20 heavy (non-hydrogen) atoms. The third kappa shape index (κ3) is 2.97. The molecule has 1 saturated heterocycles. The summed E-state index contributed by atoms with van der Waals surface area (Å²) in [6.07, 6.45) is 3.47. The van der Waals surface area contributed by atoms with Gasteiger partial charge in [-0.3, -0.25) is 9.59 Å². The second-order valence-corrected chi connectivity index (χ2v) is 6.92. The highest BCUT2D eigenvalue weighted by molar-refractivity contribution is 5.85. The smallest absolute Gasteiger partial charge is 0.227 e. The van der Waals surface area contributed by atoms with Crippen molar-refractivity contribution in [2.75, 3.05) is 20.1 Å². The highest BCUT2D eigenvalue weighted by Crippen LogP contribution is 2.34. The first-order chi connectivity index (χ1) is 9.35. The lowest BCUT2D eigenvalue weighted by atomic mass is 9.79. The van der Waals surface area contributed by atoms with Gasteiger partial charge >= 0.3 is 0 Å². The Hall–Kier alpha value is -1.10. The average molecular weight is 281 g/mol. The normalized spacial score (nSPS) is 37.8. The van der Waals surface area contributed by atoms with Crippen LogP contribution < -0.4 is 11.1 Å². The molecule has 0 spiro atoms. The highest BCUT2D eigenvalue weighted by Gasteiger charge is 2.43. The summed E-state index contributed by atoms with van der Waals surface area (Å²) in [5, 5.41) is 2.70. The number of carbonyl (C=O) groups is 2. The molecule has 1 aliphatic heterocycles. The number of carbonyl (C=O) groups excluding carboxylic acids is 2. The minimum absolute atomic E-state index is 0.0292. The summed E-state index contributed by atoms with van der Waals surface area (Å²) >= 11 is 0. The molecule has 3 N–H and O–H groups in total. The number of nitrogens with one attached hydrogen (secondary N) is 1. The van der Waals surface area contributed by atoms with Gasteiger partial charge in [0.25, 0.3) is 0 Å². The van der Waals surface area contributed by atoms with Gasteiger partial charge in [0.1, 0.15) is 0 Å². The molecule has 5 heteroatoms. The Morgan fingerprint density at radius 1 is 1.30 bits per heavy atom. The summed E-state index contributed by atoms with van der Waals surface area (Å²) in [5.41, 5.74) is 5.60. The topological polar surface area (TPSA) is 75.4 Å². The van der Waals surface area contributed by atoms with Crippen LogP contribution in [0.25, 0.3) is 0 Å². The first-order valence-corrected chi connectivity index (χ1v) is 7.62. The number of nitrogens with zero attached hydrogens (tertiary/aromatic N) is 1. The van der Waals surface area contributed by atoms with Gasteiger partial charge in [-0.05, 0) is 38.5 Å². The molecular formula is C15H27N3O2. The standard InChI is InChI=1S/C15H27N3O2/c1-10-6-11(8-12(16)7-10)13(19)18-5-4-15(2,9-18)14(20)17-3/h10-12H,4-9,16H2,1-3H3,(H,17,20). The maximum atomic E-state index is 12.6. The Balaban J connectivity index is 1.99. The summed E-state index contributed by atoms with van der Waals surface area (Å²) < 4.78 is 0. The Bertz CT molecular complexity index is 389. The van der Waals surface area contributed by atoms with Crippen molar-refractivity contribution in [2.45, 2.75) is 45.6 Å². The van der Waals surface area contributed by atoms with E-state index in [1.807, 2.05) is 11.8 Å². The average Bonchev–Trinajstić information content (AvgIpc) is 2.79. The second-order valence-electron chi connectivity index (χ2n) is 6.92. The quantitative estimate of drug-likeness (QED) is 0.783. The fourth-order valence-electron chi connectivity index (χ4n) is 3.75. The molecule has 0 radical (unpaired) electrons. The lowest BCUT2D eigenvalue weighted by Gasteiger charge is -2.33. The van der Waals surface area contributed by atoms with E-state index in [-0.39, 0.29) is 23.8 Å². The molecule has 0 aromatic rings. The molecular weight excluding hydrogens is 254 g/mol. The first-order valence-electron chi connectivity index (χ1n) is 7.62. The van der Waals surface area contributed by atoms with E-state index in [2.05, 4.69) is 12.2 Å². The van der Waals surface area contributed by atoms with Crippen LogP contribution in [0.4, 0.5) is 0 Å². The van der Waals surface area contributed by atoms with E-state index in [1.54, 1.807) is 7.05 Å². The highest BCUT2D eigenvalue weighted by atomic mass is 16.2. The number of likely N-dealkylation sites (tertiary alicyclic amines) is 1. The molecule has 5 nitrogen and oxygen atoms in total. The fourth-order valence-corrected chi connectivity index (χ4v) is 3.75. The van der Waals surface area contributed by atoms with Crippen LogP contribution in [0.3, 0.4) is 0 Å². The van der Waals surface area contributed by atoms with Gasteiger partial charge in [0.15, 0.2) is 0 Å². The molecule has 0 bridgehead atoms. The minimum atomic E-state index is -0.438. The third-order valence-electron chi connectivity index (χ3n) is 4.89. The zero-order chi connectivity index (χ0) is 14.9. The molecule has 0 aromatic heterocycles. The van der Waals surface area contributed by atoms with Crippen molar-refractivity contribution in [3.63, 3.8) is 0 Å². The van der Waals surface area contributed by atoms with E-state index >= 15 is 0 Å². The van der Waals surface area contributed by atoms with Crippen LogP contribution in [-0.4, -0.2) is 42.9 Å². The largest absolute Gasteiger partial charge is 0.359 e. The Labute approximate surface area is 121 Å². The SMILES string of the molecule is CNC(=O)C1(C)CCN(C(=O)C2CC(C)CC(N)C2)C1. The molecule has 4 atom stereocenters. The van der Waals surface area contributed by atoms with Gasteiger partial charge < -0.3 is 16.0 Å². The van der Waals surface area contributed by atoms with E-state index in [9.17, 15) is 9.59 Å². The zero-order valence-corrected chi connectivity index (χ0v) is 12.8. The Morgan fingerprint density at radius 2 is 2.00 bits per heavy atom. The van der Waals surface area contributed by atoms with Gasteiger partial charge in [-0.2, -0.15) is 0 Å². The molecule has 1 saturated carbocycles. The lowest BCUT2D eigenvalue weighted by Crippen LogP contribution is -2.44. The second kappa shape index (κ2) is 5.72. The first kappa shape index (κ1) is 15.3. The summed E-state index contributed by atoms with van der Waals surface area (Å²) in [6.45, 7) is 5.32. The molecule has 4 unspecified atom stereocenters. The van der Waals surface area contributed by atoms with Crippen molar-refractivity contribution in [3.8, 4) is 0 Å². The van der Waals surface area contributed by atoms with Gasteiger partial charge in [-0.1, -0.05) is 6.92 Å². The molecule has 0 aromatic carbocycles. The summed E-state index contributed by atoms with van der Waals surface area (Å²) in [7, 11) is 1.65. The van der Waals surface area contributed by atoms with Crippen LogP contribution in [0.15, 0.2) is 0 Å². The van der Waals surface area contributed by atoms with Crippen molar-refractivity contribution in [3.05, 3.63) is 0 Å². The van der Waals surface area contributed by atoms with E-state index in [1.165, 1.54) is 0 Å². The van der Waals surface area contributed by atoms with Gasteiger partial charge in [-0.15, -0.1) is 0 Å². The molecule has 2 aliphatic rings. The predicted octanol–water partition coefficient (Wildman–Crippen LogP) is 0.735. The third-order valence-corrected chi connectivity index (χ3v) is 4.89. The Kier molecular flexibility index (Phi) is 4.37. The molecule has 114 valence electrons. The van der Waals surface area contributed by atoms with Crippen LogP contribution >= 0.6 is 0 Å². The number of nitrogens with two attached hydrogens (primary N) is 1. The number of hydrogen-bond acceptors (Lipinski definition) is 3. The molecule has 2 amide bonds. The molecule has 1 heterocycles.